The minimum Gasteiger partial charge on any atom is -0.481 e. The molecule has 0 spiro atoms. The van der Waals surface area contributed by atoms with Crippen LogP contribution < -0.4 is 59.3 Å². The third-order valence-corrected chi connectivity index (χ3v) is 12.9. The quantitative estimate of drug-likeness (QED) is 0.0333. The van der Waals surface area contributed by atoms with Gasteiger partial charge in [0, 0.05) is 23.5 Å². The van der Waals surface area contributed by atoms with Gasteiger partial charge in [-0.2, -0.15) is 0 Å². The molecule has 0 aliphatic carbocycles. The lowest BCUT2D eigenvalue weighted by molar-refractivity contribution is -0.143. The molecule has 0 radical (unpaired) electrons. The smallest absolute Gasteiger partial charge is 0.326 e. The van der Waals surface area contributed by atoms with E-state index in [0.29, 0.717) is 22.9 Å². The number of nitrogens with two attached hydrogens (primary N) is 2. The third kappa shape index (κ3) is 21.8. The molecule has 28 heteroatoms. The Labute approximate surface area is 463 Å². The van der Waals surface area contributed by atoms with E-state index in [-0.39, 0.29) is 37.0 Å². The second-order valence-corrected chi connectivity index (χ2v) is 21.1. The number of rotatable bonds is 34. The number of aliphatic carboxylic acids is 2. The molecule has 0 saturated carbocycles. The molecule has 1 aromatic heterocycles. The van der Waals surface area contributed by atoms with Gasteiger partial charge in [-0.05, 0) is 62.0 Å². The minimum atomic E-state index is -1.93. The van der Waals surface area contributed by atoms with Crippen LogP contribution in [0, 0.1) is 23.7 Å². The van der Waals surface area contributed by atoms with E-state index in [4.69, 9.17) is 11.5 Å². The second-order valence-electron chi connectivity index (χ2n) is 21.1. The van der Waals surface area contributed by atoms with E-state index in [1.165, 1.54) is 0 Å². The van der Waals surface area contributed by atoms with E-state index in [1.807, 2.05) is 0 Å². The van der Waals surface area contributed by atoms with Crippen molar-refractivity contribution in [1.29, 1.82) is 0 Å². The maximum absolute atomic E-state index is 14.4. The van der Waals surface area contributed by atoms with Crippen molar-refractivity contribution in [1.82, 2.24) is 52.8 Å². The fourth-order valence-electron chi connectivity index (χ4n) is 8.04. The van der Waals surface area contributed by atoms with Gasteiger partial charge in [-0.3, -0.25) is 52.7 Å². The number of aliphatic hydroxyl groups excluding tert-OH is 2. The molecule has 446 valence electrons. The molecule has 0 bridgehead atoms. The van der Waals surface area contributed by atoms with Crippen LogP contribution in [0.2, 0.25) is 0 Å². The molecule has 0 aliphatic heterocycles. The Kier molecular flexibility index (Phi) is 27.7. The van der Waals surface area contributed by atoms with Crippen LogP contribution in [0.5, 0.6) is 0 Å². The Hall–Kier alpha value is -7.72. The van der Waals surface area contributed by atoms with Gasteiger partial charge in [0.25, 0.3) is 0 Å². The van der Waals surface area contributed by atoms with Crippen LogP contribution in [0.25, 0.3) is 10.9 Å². The van der Waals surface area contributed by atoms with E-state index < -0.39 is 163 Å². The van der Waals surface area contributed by atoms with Crippen LogP contribution in [-0.2, 0) is 64.0 Å². The molecule has 0 aliphatic rings. The number of aromatic nitrogens is 1. The Morgan fingerprint density at radius 2 is 1.01 bits per heavy atom. The fourth-order valence-corrected chi connectivity index (χ4v) is 8.04. The first-order chi connectivity index (χ1) is 37.3. The van der Waals surface area contributed by atoms with Crippen LogP contribution in [0.4, 0.5) is 0 Å². The number of H-pyrrole nitrogens is 1. The molecule has 1 aromatic carbocycles. The number of hydrogen-bond donors (Lipinski definition) is 16. The molecule has 1 heterocycles. The van der Waals surface area contributed by atoms with Crippen LogP contribution in [0.15, 0.2) is 30.5 Å². The molecular weight excluding hydrogens is 1050 g/mol. The Balaban J connectivity index is 2.42. The standard InChI is InChI=1S/C52H82N12O16/c1-11-26(8)41(63-49(76)40(54)25(6)7)50(77)62-37(22-65)48(75)59-33(18-29-21-55-31-15-13-12-14-30(29)31)46(73)58-32(16-23(2)3)45(72)60-35(20-39(68)69)44(71)56-27(9)43(70)57-34(19-38(53)67)47(74)64-42(28(10)66)51(78)61-36(52(79)80)17-24(4)5/h12-15,21,23-28,32-37,40-42,55,65-66H,11,16-20,22,54H2,1-10H3,(H2,53,67)(H,56,71)(H,57,70)(H,58,73)(H,59,75)(H,60,72)(H,61,78)(H,62,77)(H,63,76)(H,64,74)(H,68,69)(H,79,80)/t26-,27-,28+,32-,33-,34-,35-,36-,37-,40-,41-,42-/m0/s1. The number of carboxylic acids is 2. The summed E-state index contributed by atoms with van der Waals surface area (Å²) < 4.78 is 0. The van der Waals surface area contributed by atoms with Gasteiger partial charge in [-0.25, -0.2) is 4.79 Å². The first kappa shape index (κ1) is 68.4. The van der Waals surface area contributed by atoms with Crippen molar-refractivity contribution < 1.29 is 78.0 Å². The summed E-state index contributed by atoms with van der Waals surface area (Å²) in [5, 5.41) is 62.1. The third-order valence-electron chi connectivity index (χ3n) is 12.9. The van der Waals surface area contributed by atoms with Crippen molar-refractivity contribution in [3.63, 3.8) is 0 Å². The zero-order chi connectivity index (χ0) is 60.9. The molecule has 2 aromatic rings. The van der Waals surface area contributed by atoms with Crippen LogP contribution in [0.1, 0.15) is 107 Å². The summed E-state index contributed by atoms with van der Waals surface area (Å²) in [5.74, 6) is -14.6. The summed E-state index contributed by atoms with van der Waals surface area (Å²) in [5.41, 5.74) is 12.5. The Morgan fingerprint density at radius 3 is 1.55 bits per heavy atom. The highest BCUT2D eigenvalue weighted by Gasteiger charge is 2.37. The maximum Gasteiger partial charge on any atom is 0.326 e. The van der Waals surface area contributed by atoms with Gasteiger partial charge in [0.05, 0.1) is 31.6 Å². The molecule has 0 saturated heterocycles. The SMILES string of the molecule is CC[C@H](C)[C@H](NC(=O)[C@@H](N)C(C)C)C(=O)N[C@@H](CO)C(=O)N[C@@H](Cc1c[nH]c2ccccc12)C(=O)N[C@@H](CC(C)C)C(=O)N[C@@H](CC(=O)O)C(=O)N[C@@H](C)C(=O)N[C@@H](CC(N)=O)C(=O)N[C@H](C(=O)N[C@@H](CC(C)C)C(=O)O)[C@@H](C)O. The van der Waals surface area contributed by atoms with Crippen LogP contribution in [0.3, 0.4) is 0 Å². The monoisotopic (exact) mass is 1130 g/mol. The number of nitrogens with one attached hydrogen (secondary N) is 10. The summed E-state index contributed by atoms with van der Waals surface area (Å²) in [6.45, 7) is 14.9. The molecular formula is C52H82N12O16. The second kappa shape index (κ2) is 32.4. The average Bonchev–Trinajstić information content (AvgIpc) is 3.79. The lowest BCUT2D eigenvalue weighted by atomic mass is 9.96. The molecule has 10 amide bonds. The predicted molar refractivity (Wildman–Crippen MR) is 289 cm³/mol. The van der Waals surface area contributed by atoms with E-state index >= 15 is 0 Å². The first-order valence-electron chi connectivity index (χ1n) is 26.4. The van der Waals surface area contributed by atoms with E-state index in [9.17, 15) is 78.0 Å². The lowest BCUT2D eigenvalue weighted by Crippen LogP contribution is -2.62. The lowest BCUT2D eigenvalue weighted by Gasteiger charge is -2.29. The number of benzene rings is 1. The number of amides is 10. The largest absolute Gasteiger partial charge is 0.481 e. The average molecular weight is 1130 g/mol. The van der Waals surface area contributed by atoms with E-state index in [0.717, 1.165) is 13.8 Å². The van der Waals surface area contributed by atoms with Gasteiger partial charge in [0.1, 0.15) is 54.4 Å². The van der Waals surface area contributed by atoms with Gasteiger partial charge >= 0.3 is 11.9 Å². The summed E-state index contributed by atoms with van der Waals surface area (Å²) in [6, 6.07) is -8.46. The number of aromatic amines is 1. The normalized spacial score (nSPS) is 15.9. The van der Waals surface area contributed by atoms with Crippen molar-refractivity contribution in [2.75, 3.05) is 6.61 Å². The number of fused-ring (bicyclic) bond motifs is 1. The molecule has 80 heavy (non-hydrogen) atoms. The summed E-state index contributed by atoms with van der Waals surface area (Å²) in [6.07, 6.45) is -1.92. The number of carboxylic acid groups (broad SMARTS) is 2. The zero-order valence-corrected chi connectivity index (χ0v) is 46.8. The predicted octanol–water partition coefficient (Wildman–Crippen LogP) is -2.98. The number of para-hydroxylation sites is 1. The number of carbonyl (C=O) groups is 12. The summed E-state index contributed by atoms with van der Waals surface area (Å²) >= 11 is 0. The van der Waals surface area contributed by atoms with Gasteiger partial charge in [0.15, 0.2) is 0 Å². The van der Waals surface area contributed by atoms with Crippen molar-refractivity contribution in [3.05, 3.63) is 36.0 Å². The molecule has 12 atom stereocenters. The highest BCUT2D eigenvalue weighted by Crippen LogP contribution is 2.20. The van der Waals surface area contributed by atoms with Gasteiger partial charge in [-0.15, -0.1) is 0 Å². The number of aliphatic hydroxyl groups is 2. The van der Waals surface area contributed by atoms with Crippen molar-refractivity contribution in [3.8, 4) is 0 Å². The molecule has 2 rings (SSSR count). The van der Waals surface area contributed by atoms with Crippen LogP contribution in [-0.4, -0.2) is 170 Å². The zero-order valence-electron chi connectivity index (χ0n) is 46.8. The topological polar surface area (TPSA) is 462 Å². The number of primary amides is 1. The molecule has 0 fully saturated rings. The number of carbonyl (C=O) groups excluding carboxylic acids is 10. The van der Waals surface area contributed by atoms with Crippen molar-refractivity contribution in [2.24, 2.45) is 35.1 Å². The summed E-state index contributed by atoms with van der Waals surface area (Å²) in [4.78, 5) is 162. The molecule has 28 nitrogen and oxygen atoms in total. The fraction of sp³-hybridized carbons (Fsp3) is 0.615. The molecule has 0 unspecified atom stereocenters. The highest BCUT2D eigenvalue weighted by atomic mass is 16.4. The first-order valence-corrected chi connectivity index (χ1v) is 26.4. The number of hydrogen-bond acceptors (Lipinski definition) is 15. The van der Waals surface area contributed by atoms with E-state index in [1.54, 1.807) is 85.9 Å². The van der Waals surface area contributed by atoms with Crippen molar-refractivity contribution in [2.45, 2.75) is 174 Å². The van der Waals surface area contributed by atoms with Gasteiger partial charge in [-0.1, -0.05) is 80.0 Å². The van der Waals surface area contributed by atoms with Crippen LogP contribution >= 0.6 is 0 Å². The van der Waals surface area contributed by atoms with Gasteiger partial charge in [0.2, 0.25) is 59.1 Å². The Morgan fingerprint density at radius 1 is 0.550 bits per heavy atom. The Bertz CT molecular complexity index is 2520. The molecule has 18 N–H and O–H groups in total. The highest BCUT2D eigenvalue weighted by molar-refractivity contribution is 6.00. The van der Waals surface area contributed by atoms with Crippen molar-refractivity contribution >= 4 is 81.9 Å². The van der Waals surface area contributed by atoms with E-state index in [2.05, 4.69) is 52.8 Å². The summed E-state index contributed by atoms with van der Waals surface area (Å²) in [7, 11) is 0. The van der Waals surface area contributed by atoms with Gasteiger partial charge < -0.3 is 84.7 Å². The maximum atomic E-state index is 14.4. The minimum absolute atomic E-state index is 0.00948.